The Hall–Kier alpha value is -1.56. The van der Waals surface area contributed by atoms with E-state index in [4.69, 9.17) is 10.8 Å². The number of hydrogen-bond donors (Lipinski definition) is 2. The smallest absolute Gasteiger partial charge is 0.325 e. The van der Waals surface area contributed by atoms with Gasteiger partial charge in [-0.1, -0.05) is 6.07 Å². The van der Waals surface area contributed by atoms with Gasteiger partial charge in [-0.15, -0.1) is 0 Å². The molecule has 0 heterocycles. The average molecular weight is 219 g/mol. The lowest BCUT2D eigenvalue weighted by Crippen LogP contribution is -2.20. The van der Waals surface area contributed by atoms with Gasteiger partial charge in [-0.25, -0.2) is 13.2 Å². The third-order valence-electron chi connectivity index (χ3n) is 1.88. The number of aliphatic carboxylic acids is 1. The lowest BCUT2D eigenvalue weighted by Gasteiger charge is -2.09. The first-order valence-corrected chi connectivity index (χ1v) is 3.99. The van der Waals surface area contributed by atoms with Crippen LogP contribution in [0.5, 0.6) is 0 Å². The fourth-order valence-electron chi connectivity index (χ4n) is 1.07. The van der Waals surface area contributed by atoms with Crippen LogP contribution in [0.2, 0.25) is 0 Å². The molecule has 1 aromatic rings. The molecule has 1 atom stereocenters. The number of alkyl halides is 2. The molecule has 0 aliphatic heterocycles. The minimum absolute atomic E-state index is 0.0563. The lowest BCUT2D eigenvalue weighted by atomic mass is 10.0. The second-order valence-corrected chi connectivity index (χ2v) is 2.90. The van der Waals surface area contributed by atoms with E-state index >= 15 is 0 Å². The summed E-state index contributed by atoms with van der Waals surface area (Å²) in [7, 11) is 0. The molecule has 0 saturated carbocycles. The van der Waals surface area contributed by atoms with Crippen molar-refractivity contribution in [3.8, 4) is 0 Å². The summed E-state index contributed by atoms with van der Waals surface area (Å²) in [5.74, 6) is -2.44. The van der Waals surface area contributed by atoms with Crippen LogP contribution in [0.1, 0.15) is 23.6 Å². The SMILES string of the molecule is N[C@H](C(=O)O)c1ccc(F)c(C(F)F)c1. The van der Waals surface area contributed by atoms with Crippen LogP contribution in [-0.4, -0.2) is 11.1 Å². The Morgan fingerprint density at radius 1 is 1.40 bits per heavy atom. The van der Waals surface area contributed by atoms with Crippen LogP contribution in [-0.2, 0) is 4.79 Å². The molecule has 0 bridgehead atoms. The number of nitrogens with two attached hydrogens (primary N) is 1. The maximum atomic E-state index is 12.8. The lowest BCUT2D eigenvalue weighted by molar-refractivity contribution is -0.138. The predicted octanol–water partition coefficient (Wildman–Crippen LogP) is 1.85. The normalized spacial score (nSPS) is 12.9. The summed E-state index contributed by atoms with van der Waals surface area (Å²) in [5.41, 5.74) is 4.29. The summed E-state index contributed by atoms with van der Waals surface area (Å²) in [4.78, 5) is 10.5. The highest BCUT2D eigenvalue weighted by atomic mass is 19.3. The van der Waals surface area contributed by atoms with Crippen molar-refractivity contribution >= 4 is 5.97 Å². The van der Waals surface area contributed by atoms with Crippen molar-refractivity contribution in [2.24, 2.45) is 5.73 Å². The summed E-state index contributed by atoms with van der Waals surface area (Å²) in [6, 6.07) is 1.18. The molecule has 0 fully saturated rings. The van der Waals surface area contributed by atoms with Crippen LogP contribution in [0, 0.1) is 5.82 Å². The topological polar surface area (TPSA) is 63.3 Å². The Bertz CT molecular complexity index is 382. The van der Waals surface area contributed by atoms with E-state index in [1.54, 1.807) is 0 Å². The summed E-state index contributed by atoms with van der Waals surface area (Å²) < 4.78 is 37.3. The van der Waals surface area contributed by atoms with Gasteiger partial charge in [-0.05, 0) is 17.7 Å². The van der Waals surface area contributed by atoms with Crippen LogP contribution in [0.4, 0.5) is 13.2 Å². The number of benzene rings is 1. The molecule has 82 valence electrons. The van der Waals surface area contributed by atoms with E-state index < -0.39 is 29.8 Å². The minimum atomic E-state index is -2.99. The first-order valence-electron chi connectivity index (χ1n) is 3.99. The molecule has 3 nitrogen and oxygen atoms in total. The highest BCUT2D eigenvalue weighted by molar-refractivity contribution is 5.75. The molecule has 1 rings (SSSR count). The van der Waals surface area contributed by atoms with Gasteiger partial charge in [0, 0.05) is 0 Å². The zero-order valence-corrected chi connectivity index (χ0v) is 7.45. The number of rotatable bonds is 3. The predicted molar refractivity (Wildman–Crippen MR) is 45.9 cm³/mol. The molecule has 3 N–H and O–H groups in total. The molecular formula is C9H8F3NO2. The van der Waals surface area contributed by atoms with Gasteiger partial charge < -0.3 is 10.8 Å². The van der Waals surface area contributed by atoms with Crippen molar-refractivity contribution in [1.82, 2.24) is 0 Å². The molecule has 15 heavy (non-hydrogen) atoms. The van der Waals surface area contributed by atoms with Crippen LogP contribution < -0.4 is 5.73 Å². The number of carboxylic acid groups (broad SMARTS) is 1. The van der Waals surface area contributed by atoms with Crippen LogP contribution >= 0.6 is 0 Å². The molecule has 1 aromatic carbocycles. The van der Waals surface area contributed by atoms with Gasteiger partial charge in [0.1, 0.15) is 11.9 Å². The van der Waals surface area contributed by atoms with Gasteiger partial charge >= 0.3 is 5.97 Å². The molecule has 0 radical (unpaired) electrons. The van der Waals surface area contributed by atoms with E-state index in [-0.39, 0.29) is 5.56 Å². The van der Waals surface area contributed by atoms with Gasteiger partial charge in [-0.2, -0.15) is 0 Å². The first kappa shape index (κ1) is 11.5. The van der Waals surface area contributed by atoms with Crippen molar-refractivity contribution in [2.45, 2.75) is 12.5 Å². The standard InChI is InChI=1S/C9H8F3NO2/c10-6-2-1-4(7(13)9(14)15)3-5(6)8(11)12/h1-3,7-8H,13H2,(H,14,15)/t7-/m0/s1. The Morgan fingerprint density at radius 2 is 2.00 bits per heavy atom. The zero-order valence-electron chi connectivity index (χ0n) is 7.45. The van der Waals surface area contributed by atoms with Crippen molar-refractivity contribution < 1.29 is 23.1 Å². The molecule has 6 heteroatoms. The van der Waals surface area contributed by atoms with E-state index in [1.165, 1.54) is 0 Å². The summed E-state index contributed by atoms with van der Waals surface area (Å²) in [6.45, 7) is 0. The maximum Gasteiger partial charge on any atom is 0.325 e. The number of carboxylic acids is 1. The molecule has 0 unspecified atom stereocenters. The van der Waals surface area contributed by atoms with Crippen LogP contribution in [0.3, 0.4) is 0 Å². The highest BCUT2D eigenvalue weighted by Crippen LogP contribution is 2.24. The van der Waals surface area contributed by atoms with Crippen molar-refractivity contribution in [1.29, 1.82) is 0 Å². The molecular weight excluding hydrogens is 211 g/mol. The fourth-order valence-corrected chi connectivity index (χ4v) is 1.07. The molecule has 0 saturated heterocycles. The fraction of sp³-hybridized carbons (Fsp3) is 0.222. The summed E-state index contributed by atoms with van der Waals surface area (Å²) >= 11 is 0. The third kappa shape index (κ3) is 2.47. The summed E-state index contributed by atoms with van der Waals surface area (Å²) in [6.07, 6.45) is -2.99. The highest BCUT2D eigenvalue weighted by Gasteiger charge is 2.19. The van der Waals surface area contributed by atoms with E-state index in [0.29, 0.717) is 0 Å². The zero-order chi connectivity index (χ0) is 11.6. The van der Waals surface area contributed by atoms with Gasteiger partial charge in [0.15, 0.2) is 0 Å². The van der Waals surface area contributed by atoms with Crippen molar-refractivity contribution in [3.05, 3.63) is 35.1 Å². The van der Waals surface area contributed by atoms with E-state index in [0.717, 1.165) is 18.2 Å². The van der Waals surface area contributed by atoms with Gasteiger partial charge in [0.2, 0.25) is 0 Å². The van der Waals surface area contributed by atoms with E-state index in [9.17, 15) is 18.0 Å². The number of halogens is 3. The molecule has 0 aliphatic rings. The van der Waals surface area contributed by atoms with Gasteiger partial charge in [0.05, 0.1) is 5.56 Å². The average Bonchev–Trinajstić information content (AvgIpc) is 2.16. The maximum absolute atomic E-state index is 12.8. The first-order chi connectivity index (χ1) is 6.93. The number of carbonyl (C=O) groups is 1. The summed E-state index contributed by atoms with van der Waals surface area (Å²) in [5, 5.41) is 8.53. The quantitative estimate of drug-likeness (QED) is 0.815. The van der Waals surface area contributed by atoms with Gasteiger partial charge in [-0.3, -0.25) is 4.79 Å². The Kier molecular flexibility index (Phi) is 3.31. The van der Waals surface area contributed by atoms with Crippen LogP contribution in [0.15, 0.2) is 18.2 Å². The van der Waals surface area contributed by atoms with E-state index in [1.807, 2.05) is 0 Å². The monoisotopic (exact) mass is 219 g/mol. The van der Waals surface area contributed by atoms with E-state index in [2.05, 4.69) is 0 Å². The largest absolute Gasteiger partial charge is 0.480 e. The molecule has 0 spiro atoms. The second kappa shape index (κ2) is 4.31. The Balaban J connectivity index is 3.13. The number of hydrogen-bond acceptors (Lipinski definition) is 2. The Labute approximate surface area is 83.3 Å². The molecule has 0 aliphatic carbocycles. The molecule has 0 amide bonds. The van der Waals surface area contributed by atoms with Crippen molar-refractivity contribution in [2.75, 3.05) is 0 Å². The minimum Gasteiger partial charge on any atom is -0.480 e. The van der Waals surface area contributed by atoms with Crippen molar-refractivity contribution in [3.63, 3.8) is 0 Å². The second-order valence-electron chi connectivity index (χ2n) is 2.90. The Morgan fingerprint density at radius 3 is 2.47 bits per heavy atom. The molecule has 0 aromatic heterocycles. The van der Waals surface area contributed by atoms with Gasteiger partial charge in [0.25, 0.3) is 6.43 Å². The third-order valence-corrected chi connectivity index (χ3v) is 1.88. The van der Waals surface area contributed by atoms with Crippen LogP contribution in [0.25, 0.3) is 0 Å².